The summed E-state index contributed by atoms with van der Waals surface area (Å²) >= 11 is 2.97. The molecule has 0 aliphatic heterocycles. The van der Waals surface area contributed by atoms with Crippen LogP contribution in [0.15, 0.2) is 52.4 Å². The molecule has 146 valence electrons. The topological polar surface area (TPSA) is 69.9 Å². The smallest absolute Gasteiger partial charge is 0.337 e. The average Bonchev–Trinajstić information content (AvgIpc) is 3.07. The van der Waals surface area contributed by atoms with Crippen molar-refractivity contribution in [3.8, 4) is 0 Å². The fraction of sp³-hybridized carbons (Fsp3) is 0.250. The number of ether oxygens (including phenoxy) is 2. The third kappa shape index (κ3) is 4.35. The van der Waals surface area contributed by atoms with Gasteiger partial charge in [0.15, 0.2) is 4.80 Å². The highest BCUT2D eigenvalue weighted by Crippen LogP contribution is 2.20. The SMILES string of the molecule is COCCn1c(=NC(=O)c2ccc(SC)cc2)sc2cc(C(=O)OC)ccc21. The van der Waals surface area contributed by atoms with Crippen molar-refractivity contribution in [2.75, 3.05) is 27.1 Å². The molecule has 0 bridgehead atoms. The van der Waals surface area contributed by atoms with Crippen molar-refractivity contribution in [2.24, 2.45) is 4.99 Å². The lowest BCUT2D eigenvalue weighted by atomic mass is 10.2. The van der Waals surface area contributed by atoms with Gasteiger partial charge in [0.25, 0.3) is 5.91 Å². The Morgan fingerprint density at radius 2 is 1.82 bits per heavy atom. The van der Waals surface area contributed by atoms with Crippen LogP contribution in [0.3, 0.4) is 0 Å². The molecule has 28 heavy (non-hydrogen) atoms. The number of carbonyl (C=O) groups is 2. The molecular weight excluding hydrogens is 396 g/mol. The highest BCUT2D eigenvalue weighted by molar-refractivity contribution is 7.98. The Labute approximate surface area is 170 Å². The van der Waals surface area contributed by atoms with Crippen LogP contribution in [-0.2, 0) is 16.0 Å². The van der Waals surface area contributed by atoms with E-state index in [-0.39, 0.29) is 5.91 Å². The van der Waals surface area contributed by atoms with E-state index in [1.165, 1.54) is 18.4 Å². The Balaban J connectivity index is 2.07. The molecule has 2 aromatic carbocycles. The minimum Gasteiger partial charge on any atom is -0.465 e. The summed E-state index contributed by atoms with van der Waals surface area (Å²) in [5.41, 5.74) is 1.88. The number of thiazole rings is 1. The minimum atomic E-state index is -0.401. The first-order valence-electron chi connectivity index (χ1n) is 8.51. The van der Waals surface area contributed by atoms with Crippen molar-refractivity contribution in [3.63, 3.8) is 0 Å². The molecule has 0 fully saturated rings. The van der Waals surface area contributed by atoms with E-state index < -0.39 is 5.97 Å². The van der Waals surface area contributed by atoms with E-state index in [1.54, 1.807) is 43.1 Å². The molecular formula is C20H20N2O4S2. The number of methoxy groups -OCH3 is 2. The van der Waals surface area contributed by atoms with Gasteiger partial charge in [-0.15, -0.1) is 11.8 Å². The molecule has 6 nitrogen and oxygen atoms in total. The molecule has 3 rings (SSSR count). The maximum Gasteiger partial charge on any atom is 0.337 e. The summed E-state index contributed by atoms with van der Waals surface area (Å²) < 4.78 is 12.8. The number of hydrogen-bond acceptors (Lipinski definition) is 6. The van der Waals surface area contributed by atoms with Gasteiger partial charge in [-0.3, -0.25) is 4.79 Å². The molecule has 1 aromatic heterocycles. The van der Waals surface area contributed by atoms with Gasteiger partial charge in [0.05, 0.1) is 29.5 Å². The maximum absolute atomic E-state index is 12.7. The molecule has 0 N–H and O–H groups in total. The van der Waals surface area contributed by atoms with Gasteiger partial charge in [0, 0.05) is 24.1 Å². The molecule has 1 amide bonds. The van der Waals surface area contributed by atoms with Gasteiger partial charge in [-0.2, -0.15) is 4.99 Å². The first-order valence-corrected chi connectivity index (χ1v) is 10.5. The lowest BCUT2D eigenvalue weighted by Gasteiger charge is -2.05. The molecule has 0 atom stereocenters. The van der Waals surface area contributed by atoms with Gasteiger partial charge in [-0.1, -0.05) is 11.3 Å². The molecule has 3 aromatic rings. The second-order valence-corrected chi connectivity index (χ2v) is 7.74. The summed E-state index contributed by atoms with van der Waals surface area (Å²) in [6, 6.07) is 12.7. The van der Waals surface area contributed by atoms with Crippen molar-refractivity contribution in [3.05, 3.63) is 58.4 Å². The van der Waals surface area contributed by atoms with Crippen molar-refractivity contribution >= 4 is 45.2 Å². The second-order valence-electron chi connectivity index (χ2n) is 5.85. The van der Waals surface area contributed by atoms with Crippen LogP contribution in [0, 0.1) is 0 Å². The summed E-state index contributed by atoms with van der Waals surface area (Å²) in [5.74, 6) is -0.708. The number of fused-ring (bicyclic) bond motifs is 1. The Morgan fingerprint density at radius 1 is 1.11 bits per heavy atom. The largest absolute Gasteiger partial charge is 0.465 e. The van der Waals surface area contributed by atoms with Gasteiger partial charge in [-0.25, -0.2) is 4.79 Å². The number of thioether (sulfide) groups is 1. The van der Waals surface area contributed by atoms with Crippen molar-refractivity contribution < 1.29 is 19.1 Å². The zero-order chi connectivity index (χ0) is 20.1. The van der Waals surface area contributed by atoms with Gasteiger partial charge in [-0.05, 0) is 48.7 Å². The number of aromatic nitrogens is 1. The van der Waals surface area contributed by atoms with E-state index in [4.69, 9.17) is 9.47 Å². The monoisotopic (exact) mass is 416 g/mol. The lowest BCUT2D eigenvalue weighted by Crippen LogP contribution is -2.19. The molecule has 0 spiro atoms. The summed E-state index contributed by atoms with van der Waals surface area (Å²) in [6.07, 6.45) is 1.99. The zero-order valence-corrected chi connectivity index (χ0v) is 17.4. The Morgan fingerprint density at radius 3 is 2.46 bits per heavy atom. The number of rotatable bonds is 6. The van der Waals surface area contributed by atoms with Crippen LogP contribution < -0.4 is 4.80 Å². The van der Waals surface area contributed by atoms with Gasteiger partial charge in [0.1, 0.15) is 0 Å². The first-order chi connectivity index (χ1) is 13.6. The highest BCUT2D eigenvalue weighted by Gasteiger charge is 2.12. The second kappa shape index (κ2) is 9.18. The van der Waals surface area contributed by atoms with E-state index in [9.17, 15) is 9.59 Å². The van der Waals surface area contributed by atoms with E-state index in [0.29, 0.717) is 29.1 Å². The van der Waals surface area contributed by atoms with Gasteiger partial charge < -0.3 is 14.0 Å². The quantitative estimate of drug-likeness (QED) is 0.454. The molecule has 0 unspecified atom stereocenters. The number of carbonyl (C=O) groups excluding carboxylic acids is 2. The maximum atomic E-state index is 12.7. The van der Waals surface area contributed by atoms with Gasteiger partial charge >= 0.3 is 5.97 Å². The summed E-state index contributed by atoms with van der Waals surface area (Å²) in [6.45, 7) is 1.03. The number of hydrogen-bond donors (Lipinski definition) is 0. The zero-order valence-electron chi connectivity index (χ0n) is 15.8. The fourth-order valence-corrected chi connectivity index (χ4v) is 4.19. The van der Waals surface area contributed by atoms with Crippen LogP contribution in [0.4, 0.5) is 0 Å². The average molecular weight is 417 g/mol. The van der Waals surface area contributed by atoms with E-state index in [1.807, 2.05) is 29.0 Å². The van der Waals surface area contributed by atoms with Crippen molar-refractivity contribution in [1.82, 2.24) is 4.57 Å². The van der Waals surface area contributed by atoms with E-state index >= 15 is 0 Å². The third-order valence-corrected chi connectivity index (χ3v) is 5.94. The van der Waals surface area contributed by atoms with Crippen LogP contribution in [0.1, 0.15) is 20.7 Å². The molecule has 0 radical (unpaired) electrons. The summed E-state index contributed by atoms with van der Waals surface area (Å²) in [4.78, 5) is 30.4. The Hall–Kier alpha value is -2.42. The molecule has 0 aliphatic rings. The molecule has 0 saturated carbocycles. The van der Waals surface area contributed by atoms with Crippen molar-refractivity contribution in [1.29, 1.82) is 0 Å². The fourth-order valence-electron chi connectivity index (χ4n) is 2.69. The summed E-state index contributed by atoms with van der Waals surface area (Å²) in [7, 11) is 2.97. The summed E-state index contributed by atoms with van der Waals surface area (Å²) in [5, 5.41) is 0. The van der Waals surface area contributed by atoms with Gasteiger partial charge in [0.2, 0.25) is 0 Å². The normalized spacial score (nSPS) is 11.8. The Kier molecular flexibility index (Phi) is 6.66. The highest BCUT2D eigenvalue weighted by atomic mass is 32.2. The number of benzene rings is 2. The van der Waals surface area contributed by atoms with Crippen LogP contribution in [0.5, 0.6) is 0 Å². The third-order valence-electron chi connectivity index (χ3n) is 4.16. The predicted molar refractivity (Wildman–Crippen MR) is 111 cm³/mol. The molecule has 0 saturated heterocycles. The molecule has 1 heterocycles. The Bertz CT molecular complexity index is 1070. The minimum absolute atomic E-state index is 0.307. The standard InChI is InChI=1S/C20H20N2O4S2/c1-25-11-10-22-16-9-6-14(19(24)26-2)12-17(16)28-20(22)21-18(23)13-4-7-15(27-3)8-5-13/h4-9,12H,10-11H2,1-3H3. The lowest BCUT2D eigenvalue weighted by molar-refractivity contribution is 0.0601. The van der Waals surface area contributed by atoms with Crippen LogP contribution in [0.2, 0.25) is 0 Å². The first kappa shape index (κ1) is 20.3. The molecule has 0 aliphatic carbocycles. The number of esters is 1. The van der Waals surface area contributed by atoms with Crippen molar-refractivity contribution in [2.45, 2.75) is 11.4 Å². The van der Waals surface area contributed by atoms with E-state index in [0.717, 1.165) is 15.1 Å². The molecule has 8 heteroatoms. The van der Waals surface area contributed by atoms with E-state index in [2.05, 4.69) is 4.99 Å². The number of nitrogens with zero attached hydrogens (tertiary/aromatic N) is 2. The predicted octanol–water partition coefficient (Wildman–Crippen LogP) is 3.60. The van der Waals surface area contributed by atoms with Crippen LogP contribution in [-0.4, -0.2) is 43.5 Å². The van der Waals surface area contributed by atoms with Crippen LogP contribution >= 0.6 is 23.1 Å². The van der Waals surface area contributed by atoms with Crippen LogP contribution in [0.25, 0.3) is 10.2 Å². The number of amides is 1.